The van der Waals surface area contributed by atoms with Crippen LogP contribution in [-0.4, -0.2) is 69.5 Å². The predicted octanol–water partition coefficient (Wildman–Crippen LogP) is 6.04. The molecule has 5 aromatic rings. The first kappa shape index (κ1) is 30.7. The van der Waals surface area contributed by atoms with E-state index in [9.17, 15) is 14.9 Å². The van der Waals surface area contributed by atoms with E-state index < -0.39 is 0 Å². The van der Waals surface area contributed by atoms with E-state index in [2.05, 4.69) is 33.2 Å². The number of nitrogens with zero attached hydrogens (tertiary/aromatic N) is 4. The van der Waals surface area contributed by atoms with E-state index >= 15 is 0 Å². The van der Waals surface area contributed by atoms with E-state index in [-0.39, 0.29) is 17.9 Å². The first-order chi connectivity index (χ1) is 22.4. The second-order valence-electron chi connectivity index (χ2n) is 11.8. The smallest absolute Gasteiger partial charge is 0.234 e. The number of aromatic amines is 2. The van der Waals surface area contributed by atoms with Crippen LogP contribution in [0, 0.1) is 11.3 Å². The summed E-state index contributed by atoms with van der Waals surface area (Å²) in [5.74, 6) is 0.571. The third-order valence-electron chi connectivity index (χ3n) is 8.88. The van der Waals surface area contributed by atoms with Gasteiger partial charge in [0.15, 0.2) is 0 Å². The maximum Gasteiger partial charge on any atom is 0.234 e. The lowest BCUT2D eigenvalue weighted by atomic mass is 9.98. The number of carbonyl (C=O) groups is 2. The Balaban J connectivity index is 1.32. The molecule has 2 N–H and O–H groups in total. The fourth-order valence-electron chi connectivity index (χ4n) is 6.62. The number of methoxy groups -OCH3 is 1. The Morgan fingerprint density at radius 2 is 1.72 bits per heavy atom. The zero-order chi connectivity index (χ0) is 32.2. The standard InChI is InChI=1S/C37H38N6O3/c1-25(44)41(23-29-8-4-7-11-37(29)46-3)24-31(19-30-21-39-35-10-6-5-9-32(30)35)43(26(2)45)42-16-14-28(15-17-42)34-22-40-36-13-12-27(20-38)18-33(34)36/h4-14,18,21-22,31,39-40H,15-17,19,23-24H2,1-3H3/t31-/m1/s1. The van der Waals surface area contributed by atoms with Crippen molar-refractivity contribution in [1.29, 1.82) is 5.26 Å². The third-order valence-corrected chi connectivity index (χ3v) is 8.88. The quantitative estimate of drug-likeness (QED) is 0.199. The van der Waals surface area contributed by atoms with Crippen LogP contribution >= 0.6 is 0 Å². The molecule has 9 heteroatoms. The zero-order valence-corrected chi connectivity index (χ0v) is 26.4. The van der Waals surface area contributed by atoms with Crippen molar-refractivity contribution in [3.05, 3.63) is 107 Å². The molecule has 234 valence electrons. The molecule has 9 nitrogen and oxygen atoms in total. The number of hydrogen-bond acceptors (Lipinski definition) is 5. The predicted molar refractivity (Wildman–Crippen MR) is 180 cm³/mol. The molecule has 0 saturated carbocycles. The van der Waals surface area contributed by atoms with Gasteiger partial charge >= 0.3 is 0 Å². The molecule has 0 spiro atoms. The Labute approximate surface area is 268 Å². The monoisotopic (exact) mass is 614 g/mol. The highest BCUT2D eigenvalue weighted by Gasteiger charge is 2.32. The number of ether oxygens (including phenoxy) is 1. The lowest BCUT2D eigenvalue weighted by Crippen LogP contribution is -2.57. The number of rotatable bonds is 10. The number of fused-ring (bicyclic) bond motifs is 2. The van der Waals surface area contributed by atoms with E-state index in [1.165, 1.54) is 5.57 Å². The van der Waals surface area contributed by atoms with Gasteiger partial charge in [0.2, 0.25) is 11.8 Å². The summed E-state index contributed by atoms with van der Waals surface area (Å²) in [5.41, 5.74) is 6.90. The molecule has 2 amide bonds. The van der Waals surface area contributed by atoms with Gasteiger partial charge in [0, 0.05) is 85.4 Å². The summed E-state index contributed by atoms with van der Waals surface area (Å²) in [7, 11) is 1.63. The van der Waals surface area contributed by atoms with Crippen LogP contribution in [0.25, 0.3) is 27.4 Å². The summed E-state index contributed by atoms with van der Waals surface area (Å²) in [5, 5.41) is 15.5. The van der Waals surface area contributed by atoms with Crippen LogP contribution in [0.1, 0.15) is 42.5 Å². The first-order valence-electron chi connectivity index (χ1n) is 15.5. The number of hydrazine groups is 1. The Morgan fingerprint density at radius 1 is 0.957 bits per heavy atom. The molecule has 0 bridgehead atoms. The normalized spacial score (nSPS) is 14.1. The van der Waals surface area contributed by atoms with Crippen LogP contribution in [-0.2, 0) is 22.6 Å². The number of aromatic nitrogens is 2. The highest BCUT2D eigenvalue weighted by atomic mass is 16.5. The second kappa shape index (κ2) is 13.3. The topological polar surface area (TPSA) is 108 Å². The zero-order valence-electron chi connectivity index (χ0n) is 26.4. The number of H-pyrrole nitrogens is 2. The van der Waals surface area contributed by atoms with Crippen LogP contribution in [0.15, 0.2) is 85.2 Å². The van der Waals surface area contributed by atoms with Crippen molar-refractivity contribution in [1.82, 2.24) is 24.9 Å². The van der Waals surface area contributed by atoms with Gasteiger partial charge in [-0.2, -0.15) is 5.26 Å². The lowest BCUT2D eigenvalue weighted by molar-refractivity contribution is -0.155. The van der Waals surface area contributed by atoms with Crippen LogP contribution in [0.5, 0.6) is 5.75 Å². The molecule has 46 heavy (non-hydrogen) atoms. The number of benzene rings is 3. The number of nitriles is 1. The summed E-state index contributed by atoms with van der Waals surface area (Å²) in [4.78, 5) is 35.2. The van der Waals surface area contributed by atoms with Crippen molar-refractivity contribution in [2.24, 2.45) is 0 Å². The Bertz CT molecular complexity index is 1960. The molecule has 0 saturated heterocycles. The van der Waals surface area contributed by atoms with E-state index in [1.807, 2.05) is 78.1 Å². The van der Waals surface area contributed by atoms with Gasteiger partial charge in [-0.1, -0.05) is 42.5 Å². The van der Waals surface area contributed by atoms with E-state index in [1.54, 1.807) is 25.9 Å². The van der Waals surface area contributed by atoms with E-state index in [4.69, 9.17) is 4.74 Å². The number of hydrogen-bond donors (Lipinski definition) is 2. The maximum atomic E-state index is 13.5. The van der Waals surface area contributed by atoms with Gasteiger partial charge in [0.1, 0.15) is 5.75 Å². The van der Waals surface area contributed by atoms with Crippen LogP contribution < -0.4 is 4.74 Å². The minimum absolute atomic E-state index is 0.0739. The minimum Gasteiger partial charge on any atom is -0.496 e. The summed E-state index contributed by atoms with van der Waals surface area (Å²) < 4.78 is 5.59. The number of nitrogens with one attached hydrogen (secondary N) is 2. The summed E-state index contributed by atoms with van der Waals surface area (Å²) in [6, 6.07) is 23.4. The number of para-hydroxylation sites is 2. The average molecular weight is 615 g/mol. The molecule has 2 aromatic heterocycles. The molecule has 0 unspecified atom stereocenters. The van der Waals surface area contributed by atoms with Gasteiger partial charge in [-0.05, 0) is 54.3 Å². The highest BCUT2D eigenvalue weighted by molar-refractivity contribution is 5.93. The lowest BCUT2D eigenvalue weighted by Gasteiger charge is -2.43. The maximum absolute atomic E-state index is 13.5. The third kappa shape index (κ3) is 6.25. The molecule has 6 rings (SSSR count). The molecule has 1 aliphatic heterocycles. The summed E-state index contributed by atoms with van der Waals surface area (Å²) >= 11 is 0. The Kier molecular flexibility index (Phi) is 8.90. The van der Waals surface area contributed by atoms with Crippen molar-refractivity contribution in [2.45, 2.75) is 39.3 Å². The summed E-state index contributed by atoms with van der Waals surface area (Å²) in [6.07, 6.45) is 7.46. The van der Waals surface area contributed by atoms with Gasteiger partial charge in [0.05, 0.1) is 24.8 Å². The molecular formula is C37H38N6O3. The van der Waals surface area contributed by atoms with Gasteiger partial charge in [-0.15, -0.1) is 0 Å². The Morgan fingerprint density at radius 3 is 2.46 bits per heavy atom. The minimum atomic E-state index is -0.323. The number of carbonyl (C=O) groups excluding carboxylic acids is 2. The fourth-order valence-corrected chi connectivity index (χ4v) is 6.62. The molecule has 1 aliphatic rings. The fraction of sp³-hybridized carbons (Fsp3) is 0.270. The number of amides is 2. The van der Waals surface area contributed by atoms with Gasteiger partial charge in [-0.3, -0.25) is 14.6 Å². The van der Waals surface area contributed by atoms with Crippen molar-refractivity contribution in [3.63, 3.8) is 0 Å². The summed E-state index contributed by atoms with van der Waals surface area (Å²) in [6.45, 7) is 5.06. The Hall–Kier alpha value is -5.33. The molecular weight excluding hydrogens is 576 g/mol. The molecule has 0 aliphatic carbocycles. The molecule has 3 heterocycles. The van der Waals surface area contributed by atoms with Crippen molar-refractivity contribution in [3.8, 4) is 11.8 Å². The average Bonchev–Trinajstić information content (AvgIpc) is 3.68. The van der Waals surface area contributed by atoms with Crippen LogP contribution in [0.2, 0.25) is 0 Å². The highest BCUT2D eigenvalue weighted by Crippen LogP contribution is 2.31. The molecule has 0 fully saturated rings. The van der Waals surface area contributed by atoms with Gasteiger partial charge in [-0.25, -0.2) is 5.01 Å². The second-order valence-corrected chi connectivity index (χ2v) is 11.8. The molecule has 3 aromatic carbocycles. The van der Waals surface area contributed by atoms with Crippen molar-refractivity contribution in [2.75, 3.05) is 26.7 Å². The van der Waals surface area contributed by atoms with Gasteiger partial charge in [0.25, 0.3) is 0 Å². The van der Waals surface area contributed by atoms with Crippen molar-refractivity contribution >= 4 is 39.2 Å². The first-order valence-corrected chi connectivity index (χ1v) is 15.5. The van der Waals surface area contributed by atoms with Crippen LogP contribution in [0.4, 0.5) is 0 Å². The van der Waals surface area contributed by atoms with Gasteiger partial charge < -0.3 is 19.6 Å². The molecule has 1 atom stereocenters. The SMILES string of the molecule is COc1ccccc1CN(C[C@@H](Cc1c[nH]c2ccccc12)N(C(C)=O)N1CC=C(c2c[nH]c3ccc(C#N)cc23)CC1)C(C)=O. The van der Waals surface area contributed by atoms with Crippen molar-refractivity contribution < 1.29 is 14.3 Å². The van der Waals surface area contributed by atoms with Crippen LogP contribution in [0.3, 0.4) is 0 Å². The van der Waals surface area contributed by atoms with E-state index in [0.717, 1.165) is 50.7 Å². The molecule has 0 radical (unpaired) electrons. The van der Waals surface area contributed by atoms with E-state index in [0.29, 0.717) is 38.2 Å². The largest absolute Gasteiger partial charge is 0.496 e.